The van der Waals surface area contributed by atoms with E-state index in [0.29, 0.717) is 17.5 Å². The number of benzene rings is 8. The molecule has 0 atom stereocenters. The van der Waals surface area contributed by atoms with Crippen LogP contribution in [0.1, 0.15) is 22.5 Å². The number of hydrogen-bond acceptors (Lipinski definition) is 6. The number of aromatic nitrogens is 4. The van der Waals surface area contributed by atoms with Crippen LogP contribution in [0.2, 0.25) is 0 Å². The molecule has 0 unspecified atom stereocenters. The van der Waals surface area contributed by atoms with Crippen molar-refractivity contribution in [3.05, 3.63) is 217 Å². The molecule has 3 heterocycles. The Morgan fingerprint density at radius 1 is 0.424 bits per heavy atom. The Morgan fingerprint density at radius 2 is 1.03 bits per heavy atom. The third-order valence-corrected chi connectivity index (χ3v) is 12.8. The lowest BCUT2D eigenvalue weighted by Crippen LogP contribution is -2.31. The molecule has 0 amide bonds. The van der Waals surface area contributed by atoms with Crippen LogP contribution < -0.4 is 0 Å². The SMILES string of the molecule is c1ccc(-c2nc(-c3cccc4oc5ccc(-c6cccc7nc(-c8ccccc8)sc67)cc5c34)nc(C3(c4ccccc4)c4ccccc4-c4ccccc43)n2)cc1. The van der Waals surface area contributed by atoms with Crippen molar-refractivity contribution < 1.29 is 4.42 Å². The van der Waals surface area contributed by atoms with Crippen LogP contribution in [0.15, 0.2) is 199 Å². The minimum absolute atomic E-state index is 0.585. The van der Waals surface area contributed by atoms with Gasteiger partial charge in [-0.25, -0.2) is 19.9 Å². The summed E-state index contributed by atoms with van der Waals surface area (Å²) in [5.74, 6) is 1.86. The topological polar surface area (TPSA) is 64.7 Å². The summed E-state index contributed by atoms with van der Waals surface area (Å²) in [6, 6.07) is 67.6. The fourth-order valence-electron chi connectivity index (χ4n) is 9.05. The van der Waals surface area contributed by atoms with Gasteiger partial charge in [0, 0.05) is 33.0 Å². The number of nitrogens with zero attached hydrogens (tertiary/aromatic N) is 4. The average Bonchev–Trinajstić information content (AvgIpc) is 4.01. The highest BCUT2D eigenvalue weighted by atomic mass is 32.1. The smallest absolute Gasteiger partial charge is 0.164 e. The number of fused-ring (bicyclic) bond motifs is 7. The van der Waals surface area contributed by atoms with Crippen LogP contribution in [-0.4, -0.2) is 19.9 Å². The molecule has 3 aromatic heterocycles. The van der Waals surface area contributed by atoms with Gasteiger partial charge in [-0.05, 0) is 57.6 Å². The van der Waals surface area contributed by atoms with Crippen LogP contribution in [0, 0.1) is 0 Å². The van der Waals surface area contributed by atoms with E-state index in [9.17, 15) is 0 Å². The van der Waals surface area contributed by atoms with Crippen molar-refractivity contribution in [1.29, 1.82) is 0 Å². The van der Waals surface area contributed by atoms with E-state index in [2.05, 4.69) is 158 Å². The summed E-state index contributed by atoms with van der Waals surface area (Å²) in [6.45, 7) is 0. The van der Waals surface area contributed by atoms with Crippen LogP contribution in [0.5, 0.6) is 0 Å². The first-order valence-corrected chi connectivity index (χ1v) is 20.5. The zero-order chi connectivity index (χ0) is 38.9. The summed E-state index contributed by atoms with van der Waals surface area (Å²) in [5.41, 5.74) is 12.6. The van der Waals surface area contributed by atoms with Gasteiger partial charge in [-0.3, -0.25) is 0 Å². The van der Waals surface area contributed by atoms with Crippen molar-refractivity contribution in [1.82, 2.24) is 19.9 Å². The van der Waals surface area contributed by atoms with Gasteiger partial charge in [-0.2, -0.15) is 0 Å². The van der Waals surface area contributed by atoms with Crippen LogP contribution in [-0.2, 0) is 5.41 Å². The predicted molar refractivity (Wildman–Crippen MR) is 239 cm³/mol. The molecular formula is C53H32N4OS. The lowest BCUT2D eigenvalue weighted by Gasteiger charge is -2.32. The van der Waals surface area contributed by atoms with E-state index in [1.54, 1.807) is 11.3 Å². The van der Waals surface area contributed by atoms with Crippen molar-refractivity contribution in [2.45, 2.75) is 5.41 Å². The maximum absolute atomic E-state index is 6.60. The maximum Gasteiger partial charge on any atom is 0.164 e. The van der Waals surface area contributed by atoms with E-state index >= 15 is 0 Å². The molecule has 5 nitrogen and oxygen atoms in total. The molecule has 0 bridgehead atoms. The van der Waals surface area contributed by atoms with Gasteiger partial charge >= 0.3 is 0 Å². The Bertz CT molecular complexity index is 3350. The van der Waals surface area contributed by atoms with E-state index in [4.69, 9.17) is 24.4 Å². The Balaban J connectivity index is 1.11. The Labute approximate surface area is 344 Å². The van der Waals surface area contributed by atoms with Crippen molar-refractivity contribution in [3.63, 3.8) is 0 Å². The molecule has 0 fully saturated rings. The highest BCUT2D eigenvalue weighted by Gasteiger charge is 2.48. The first-order valence-electron chi connectivity index (χ1n) is 19.7. The van der Waals surface area contributed by atoms with Gasteiger partial charge < -0.3 is 4.42 Å². The molecule has 0 saturated heterocycles. The van der Waals surface area contributed by atoms with Crippen molar-refractivity contribution >= 4 is 43.5 Å². The van der Waals surface area contributed by atoms with E-state index in [1.807, 2.05) is 36.4 Å². The van der Waals surface area contributed by atoms with Gasteiger partial charge in [0.25, 0.3) is 0 Å². The molecule has 0 aliphatic heterocycles. The third-order valence-electron chi connectivity index (χ3n) is 11.6. The summed E-state index contributed by atoms with van der Waals surface area (Å²) >= 11 is 1.72. The molecular weight excluding hydrogens is 741 g/mol. The summed E-state index contributed by atoms with van der Waals surface area (Å²) in [6.07, 6.45) is 0. The summed E-state index contributed by atoms with van der Waals surface area (Å²) in [7, 11) is 0. The number of hydrogen-bond donors (Lipinski definition) is 0. The quantitative estimate of drug-likeness (QED) is 0.168. The van der Waals surface area contributed by atoms with Crippen LogP contribution in [0.25, 0.3) is 87.8 Å². The minimum Gasteiger partial charge on any atom is -0.456 e. The van der Waals surface area contributed by atoms with Gasteiger partial charge in [-0.15, -0.1) is 11.3 Å². The monoisotopic (exact) mass is 772 g/mol. The molecule has 1 aliphatic carbocycles. The van der Waals surface area contributed by atoms with Crippen molar-refractivity contribution in [2.24, 2.45) is 0 Å². The Morgan fingerprint density at radius 3 is 1.78 bits per heavy atom. The summed E-state index contributed by atoms with van der Waals surface area (Å²) in [5, 5.41) is 2.96. The molecule has 8 aromatic carbocycles. The fraction of sp³-hybridized carbons (Fsp3) is 0.0189. The largest absolute Gasteiger partial charge is 0.456 e. The predicted octanol–water partition coefficient (Wildman–Crippen LogP) is 13.4. The number of thiazole rings is 1. The van der Waals surface area contributed by atoms with Crippen molar-refractivity contribution in [2.75, 3.05) is 0 Å². The van der Waals surface area contributed by atoms with E-state index in [-0.39, 0.29) is 0 Å². The van der Waals surface area contributed by atoms with Crippen LogP contribution in [0.4, 0.5) is 0 Å². The highest BCUT2D eigenvalue weighted by molar-refractivity contribution is 7.22. The van der Waals surface area contributed by atoms with Crippen molar-refractivity contribution in [3.8, 4) is 55.6 Å². The van der Waals surface area contributed by atoms with Gasteiger partial charge in [0.2, 0.25) is 0 Å². The zero-order valence-electron chi connectivity index (χ0n) is 31.6. The van der Waals surface area contributed by atoms with Gasteiger partial charge in [0.15, 0.2) is 17.5 Å². The standard InChI is InChI=1S/C53H32N4OS/c1-4-16-33(17-5-1)49-55-50(57-52(56-49)53(36-20-8-3-9-21-36)42-26-12-10-22-38(42)39-23-11-13-27-43(39)53)40-25-15-29-46-47(40)41-32-35(30-31-45(41)58-46)37-24-14-28-44-48(37)59-51(54-44)34-18-6-2-7-19-34/h1-32H. The van der Waals surface area contributed by atoms with E-state index in [1.165, 1.54) is 11.1 Å². The van der Waals surface area contributed by atoms with Crippen LogP contribution >= 0.6 is 11.3 Å². The highest BCUT2D eigenvalue weighted by Crippen LogP contribution is 2.55. The Kier molecular flexibility index (Phi) is 7.55. The molecule has 11 aromatic rings. The van der Waals surface area contributed by atoms with Crippen LogP contribution in [0.3, 0.4) is 0 Å². The number of furan rings is 1. The normalized spacial score (nSPS) is 12.9. The van der Waals surface area contributed by atoms with Gasteiger partial charge in [-0.1, -0.05) is 170 Å². The lowest BCUT2D eigenvalue weighted by atomic mass is 9.71. The van der Waals surface area contributed by atoms with E-state index in [0.717, 1.165) is 81.7 Å². The number of rotatable bonds is 6. The first-order chi connectivity index (χ1) is 29.2. The maximum atomic E-state index is 6.60. The third kappa shape index (κ3) is 5.17. The lowest BCUT2D eigenvalue weighted by molar-refractivity contribution is 0.669. The molecule has 6 heteroatoms. The molecule has 0 radical (unpaired) electrons. The fourth-order valence-corrected chi connectivity index (χ4v) is 10.2. The molecule has 276 valence electrons. The van der Waals surface area contributed by atoms with E-state index < -0.39 is 5.41 Å². The molecule has 0 spiro atoms. The van der Waals surface area contributed by atoms with Gasteiger partial charge in [0.1, 0.15) is 21.6 Å². The zero-order valence-corrected chi connectivity index (χ0v) is 32.4. The molecule has 0 N–H and O–H groups in total. The van der Waals surface area contributed by atoms with Gasteiger partial charge in [0.05, 0.1) is 10.2 Å². The molecule has 1 aliphatic rings. The second kappa shape index (κ2) is 13.3. The summed E-state index contributed by atoms with van der Waals surface area (Å²) in [4.78, 5) is 21.4. The molecule has 0 saturated carbocycles. The Hall–Kier alpha value is -7.54. The molecule has 59 heavy (non-hydrogen) atoms. The second-order valence-corrected chi connectivity index (χ2v) is 15.9. The second-order valence-electron chi connectivity index (χ2n) is 14.9. The summed E-state index contributed by atoms with van der Waals surface area (Å²) < 4.78 is 7.75. The molecule has 12 rings (SSSR count). The first kappa shape index (κ1) is 33.6. The average molecular weight is 773 g/mol. The minimum atomic E-state index is -0.804.